The number of piperidine rings is 2. The van der Waals surface area contributed by atoms with Crippen LogP contribution in [0.3, 0.4) is 0 Å². The van der Waals surface area contributed by atoms with Crippen LogP contribution in [0, 0.1) is 0 Å². The second-order valence-electron chi connectivity index (χ2n) is 4.77. The summed E-state index contributed by atoms with van der Waals surface area (Å²) >= 11 is 0. The molecule has 0 aromatic carbocycles. The first-order chi connectivity index (χ1) is 7.74. The number of aliphatic hydroxyl groups is 3. The molecule has 2 aliphatic heterocycles. The molecule has 0 radical (unpaired) electrons. The van der Waals surface area contributed by atoms with Gasteiger partial charge in [0.25, 0.3) is 0 Å². The van der Waals surface area contributed by atoms with Crippen LogP contribution in [0.15, 0.2) is 0 Å². The number of hydrogen-bond acceptors (Lipinski definition) is 5. The molecule has 3 N–H and O–H groups in total. The van der Waals surface area contributed by atoms with Crippen LogP contribution in [0.1, 0.15) is 25.7 Å². The Morgan fingerprint density at radius 1 is 1.00 bits per heavy atom. The van der Waals surface area contributed by atoms with Crippen LogP contribution >= 0.6 is 0 Å². The van der Waals surface area contributed by atoms with E-state index in [0.29, 0.717) is 6.42 Å². The van der Waals surface area contributed by atoms with Gasteiger partial charge in [0.2, 0.25) is 0 Å². The molecule has 0 bridgehead atoms. The standard InChI is InChI=1S/C11H22N2O3/c14-8-9-11(16)10(15)4-7-13(9)12-5-2-1-3-6-12/h9-11,14-16H,1-8H2. The number of rotatable bonds is 2. The molecule has 2 heterocycles. The zero-order valence-corrected chi connectivity index (χ0v) is 9.62. The van der Waals surface area contributed by atoms with E-state index in [2.05, 4.69) is 10.0 Å². The van der Waals surface area contributed by atoms with Gasteiger partial charge in [-0.2, -0.15) is 0 Å². The maximum atomic E-state index is 9.86. The summed E-state index contributed by atoms with van der Waals surface area (Å²) in [7, 11) is 0. The Balaban J connectivity index is 2.01. The van der Waals surface area contributed by atoms with Crippen molar-refractivity contribution >= 4 is 0 Å². The van der Waals surface area contributed by atoms with Gasteiger partial charge in [-0.15, -0.1) is 0 Å². The number of aliphatic hydroxyl groups excluding tert-OH is 3. The first kappa shape index (κ1) is 12.3. The molecule has 0 saturated carbocycles. The molecular weight excluding hydrogens is 208 g/mol. The SMILES string of the molecule is OCC1C(O)C(O)CCN1N1CCCCC1. The smallest absolute Gasteiger partial charge is 0.0990 e. The van der Waals surface area contributed by atoms with Crippen molar-refractivity contribution in [3.63, 3.8) is 0 Å². The van der Waals surface area contributed by atoms with Crippen molar-refractivity contribution in [3.8, 4) is 0 Å². The quantitative estimate of drug-likeness (QED) is 0.578. The second kappa shape index (κ2) is 5.42. The Morgan fingerprint density at radius 3 is 2.31 bits per heavy atom. The largest absolute Gasteiger partial charge is 0.395 e. The maximum Gasteiger partial charge on any atom is 0.0990 e. The van der Waals surface area contributed by atoms with E-state index in [9.17, 15) is 15.3 Å². The van der Waals surface area contributed by atoms with Crippen molar-refractivity contribution in [1.29, 1.82) is 0 Å². The highest BCUT2D eigenvalue weighted by Gasteiger charge is 2.38. The third-order valence-electron chi connectivity index (χ3n) is 3.71. The van der Waals surface area contributed by atoms with Crippen LogP contribution in [-0.2, 0) is 0 Å². The lowest BCUT2D eigenvalue weighted by atomic mass is 9.97. The summed E-state index contributed by atoms with van der Waals surface area (Å²) in [5.74, 6) is 0. The lowest BCUT2D eigenvalue weighted by Crippen LogP contribution is -2.62. The Labute approximate surface area is 96.2 Å². The highest BCUT2D eigenvalue weighted by molar-refractivity contribution is 4.88. The molecule has 16 heavy (non-hydrogen) atoms. The Bertz CT molecular complexity index is 221. The zero-order chi connectivity index (χ0) is 11.5. The average Bonchev–Trinajstić information content (AvgIpc) is 2.33. The molecule has 5 nitrogen and oxygen atoms in total. The van der Waals surface area contributed by atoms with E-state index in [1.54, 1.807) is 0 Å². The molecule has 0 aromatic heterocycles. The van der Waals surface area contributed by atoms with Crippen molar-refractivity contribution in [1.82, 2.24) is 10.0 Å². The van der Waals surface area contributed by atoms with Crippen molar-refractivity contribution in [2.45, 2.75) is 43.9 Å². The van der Waals surface area contributed by atoms with Crippen LogP contribution in [0.4, 0.5) is 0 Å². The van der Waals surface area contributed by atoms with E-state index in [1.165, 1.54) is 19.3 Å². The van der Waals surface area contributed by atoms with Crippen LogP contribution in [-0.4, -0.2) is 69.8 Å². The first-order valence-corrected chi connectivity index (χ1v) is 6.22. The van der Waals surface area contributed by atoms with Gasteiger partial charge in [-0.1, -0.05) is 6.42 Å². The van der Waals surface area contributed by atoms with Gasteiger partial charge in [0.15, 0.2) is 0 Å². The first-order valence-electron chi connectivity index (χ1n) is 6.22. The fourth-order valence-corrected chi connectivity index (χ4v) is 2.72. The molecule has 3 atom stereocenters. The predicted octanol–water partition coefficient (Wildman–Crippen LogP) is -0.824. The molecule has 0 aliphatic carbocycles. The van der Waals surface area contributed by atoms with E-state index < -0.39 is 12.2 Å². The van der Waals surface area contributed by atoms with Crippen molar-refractivity contribution in [2.24, 2.45) is 0 Å². The van der Waals surface area contributed by atoms with Gasteiger partial charge in [-0.05, 0) is 19.3 Å². The minimum absolute atomic E-state index is 0.102. The summed E-state index contributed by atoms with van der Waals surface area (Å²) in [6.45, 7) is 2.62. The van der Waals surface area contributed by atoms with Gasteiger partial charge in [0, 0.05) is 19.6 Å². The van der Waals surface area contributed by atoms with Crippen molar-refractivity contribution in [2.75, 3.05) is 26.2 Å². The van der Waals surface area contributed by atoms with Crippen LogP contribution in [0.5, 0.6) is 0 Å². The summed E-state index contributed by atoms with van der Waals surface area (Å²) < 4.78 is 0. The minimum Gasteiger partial charge on any atom is -0.395 e. The van der Waals surface area contributed by atoms with Gasteiger partial charge in [0.1, 0.15) is 0 Å². The fraction of sp³-hybridized carbons (Fsp3) is 1.00. The summed E-state index contributed by atoms with van der Waals surface area (Å²) in [6.07, 6.45) is 2.66. The molecule has 3 unspecified atom stereocenters. The summed E-state index contributed by atoms with van der Waals surface area (Å²) in [5, 5.41) is 33.1. The van der Waals surface area contributed by atoms with Crippen LogP contribution in [0.25, 0.3) is 0 Å². The van der Waals surface area contributed by atoms with Gasteiger partial charge in [0.05, 0.1) is 24.9 Å². The lowest BCUT2D eigenvalue weighted by molar-refractivity contribution is -0.171. The predicted molar refractivity (Wildman–Crippen MR) is 59.6 cm³/mol. The van der Waals surface area contributed by atoms with Crippen LogP contribution in [0.2, 0.25) is 0 Å². The molecule has 2 fully saturated rings. The monoisotopic (exact) mass is 230 g/mol. The molecule has 94 valence electrons. The second-order valence-corrected chi connectivity index (χ2v) is 4.77. The number of hydrazine groups is 1. The van der Waals surface area contributed by atoms with E-state index in [4.69, 9.17) is 0 Å². The molecule has 0 amide bonds. The lowest BCUT2D eigenvalue weighted by Gasteiger charge is -2.47. The topological polar surface area (TPSA) is 67.2 Å². The normalized spacial score (nSPS) is 38.8. The summed E-state index contributed by atoms with van der Waals surface area (Å²) in [6, 6.07) is -0.346. The van der Waals surface area contributed by atoms with Gasteiger partial charge in [-0.3, -0.25) is 0 Å². The van der Waals surface area contributed by atoms with E-state index >= 15 is 0 Å². The van der Waals surface area contributed by atoms with Gasteiger partial charge < -0.3 is 15.3 Å². The van der Waals surface area contributed by atoms with Crippen LogP contribution < -0.4 is 0 Å². The molecular formula is C11H22N2O3. The molecule has 2 rings (SSSR count). The fourth-order valence-electron chi connectivity index (χ4n) is 2.72. The van der Waals surface area contributed by atoms with Crippen molar-refractivity contribution < 1.29 is 15.3 Å². The summed E-state index contributed by atoms with van der Waals surface area (Å²) in [5.41, 5.74) is 0. The molecule has 0 aromatic rings. The highest BCUT2D eigenvalue weighted by atomic mass is 16.3. The van der Waals surface area contributed by atoms with E-state index in [-0.39, 0.29) is 12.6 Å². The van der Waals surface area contributed by atoms with E-state index in [0.717, 1.165) is 19.6 Å². The Morgan fingerprint density at radius 2 is 1.69 bits per heavy atom. The molecule has 0 spiro atoms. The minimum atomic E-state index is -0.833. The zero-order valence-electron chi connectivity index (χ0n) is 9.62. The maximum absolute atomic E-state index is 9.86. The third-order valence-corrected chi connectivity index (χ3v) is 3.71. The Kier molecular flexibility index (Phi) is 4.16. The Hall–Kier alpha value is -0.200. The molecule has 2 aliphatic rings. The summed E-state index contributed by atoms with van der Waals surface area (Å²) in [4.78, 5) is 0. The number of hydrogen-bond donors (Lipinski definition) is 3. The van der Waals surface area contributed by atoms with Gasteiger partial charge >= 0.3 is 0 Å². The van der Waals surface area contributed by atoms with E-state index in [1.807, 2.05) is 0 Å². The van der Waals surface area contributed by atoms with Gasteiger partial charge in [-0.25, -0.2) is 10.0 Å². The highest BCUT2D eigenvalue weighted by Crippen LogP contribution is 2.22. The van der Waals surface area contributed by atoms with Crippen molar-refractivity contribution in [3.05, 3.63) is 0 Å². The molecule has 2 saturated heterocycles. The molecule has 5 heteroatoms. The number of nitrogens with zero attached hydrogens (tertiary/aromatic N) is 2. The third kappa shape index (κ3) is 2.38. The average molecular weight is 230 g/mol.